The highest BCUT2D eigenvalue weighted by Gasteiger charge is 2.14. The summed E-state index contributed by atoms with van der Waals surface area (Å²) >= 11 is 0. The van der Waals surface area contributed by atoms with Crippen molar-refractivity contribution < 1.29 is 0 Å². The number of aryl methyl sites for hydroxylation is 1. The van der Waals surface area contributed by atoms with E-state index in [-0.39, 0.29) is 0 Å². The zero-order chi connectivity index (χ0) is 17.6. The largest absolute Gasteiger partial charge is 0.247 e. The van der Waals surface area contributed by atoms with Crippen molar-refractivity contribution in [2.24, 2.45) is 5.92 Å². The third kappa shape index (κ3) is 2.89. The van der Waals surface area contributed by atoms with Gasteiger partial charge in [-0.2, -0.15) is 0 Å². The molecule has 1 heterocycles. The minimum absolute atomic E-state index is 0.516. The van der Waals surface area contributed by atoms with Crippen molar-refractivity contribution in [3.63, 3.8) is 0 Å². The predicted octanol–water partition coefficient (Wildman–Crippen LogP) is 6.80. The van der Waals surface area contributed by atoms with Crippen molar-refractivity contribution in [1.29, 1.82) is 0 Å². The first-order valence-electron chi connectivity index (χ1n) is 9.25. The summed E-state index contributed by atoms with van der Waals surface area (Å²) in [7, 11) is 0. The van der Waals surface area contributed by atoms with Crippen LogP contribution < -0.4 is 0 Å². The van der Waals surface area contributed by atoms with E-state index in [2.05, 4.69) is 82.3 Å². The van der Waals surface area contributed by atoms with Crippen molar-refractivity contribution in [3.8, 4) is 0 Å². The molecule has 0 fully saturated rings. The molecule has 25 heavy (non-hydrogen) atoms. The van der Waals surface area contributed by atoms with Gasteiger partial charge >= 0.3 is 0 Å². The molecule has 4 rings (SSSR count). The molecule has 2 aromatic carbocycles. The van der Waals surface area contributed by atoms with Crippen LogP contribution >= 0.6 is 0 Å². The summed E-state index contributed by atoms with van der Waals surface area (Å²) in [4.78, 5) is 5.09. The van der Waals surface area contributed by atoms with Gasteiger partial charge in [-0.25, -0.2) is 4.98 Å². The lowest BCUT2D eigenvalue weighted by molar-refractivity contribution is 0.739. The monoisotopic (exact) mass is 327 g/mol. The van der Waals surface area contributed by atoms with E-state index in [4.69, 9.17) is 4.98 Å². The highest BCUT2D eigenvalue weighted by Crippen LogP contribution is 2.34. The minimum atomic E-state index is 0.516. The summed E-state index contributed by atoms with van der Waals surface area (Å²) in [5.74, 6) is 1.13. The van der Waals surface area contributed by atoms with Gasteiger partial charge in [0.1, 0.15) is 0 Å². The third-order valence-electron chi connectivity index (χ3n) is 5.23. The lowest BCUT2D eigenvalue weighted by Gasteiger charge is -2.16. The lowest BCUT2D eigenvalue weighted by Crippen LogP contribution is -1.99. The van der Waals surface area contributed by atoms with Crippen LogP contribution in [0, 0.1) is 12.8 Å². The van der Waals surface area contributed by atoms with Crippen molar-refractivity contribution in [1.82, 2.24) is 4.98 Å². The van der Waals surface area contributed by atoms with Crippen molar-refractivity contribution in [2.45, 2.75) is 40.0 Å². The van der Waals surface area contributed by atoms with Crippen LogP contribution in [-0.2, 0) is 0 Å². The standard InChI is InChI=1S/C24H25N/c1-15(2)19-10-12-20-21-11-7-17(4)13-23(21)25-24(22(20)14-19)18-8-5-16(3)6-9-18/h5,7-16H,6H2,1-4H3. The van der Waals surface area contributed by atoms with E-state index in [9.17, 15) is 0 Å². The van der Waals surface area contributed by atoms with Crippen LogP contribution in [0.3, 0.4) is 0 Å². The van der Waals surface area contributed by atoms with Crippen LogP contribution in [0.4, 0.5) is 0 Å². The van der Waals surface area contributed by atoms with Crippen LogP contribution in [0.1, 0.15) is 49.9 Å². The normalized spacial score (nSPS) is 17.5. The highest BCUT2D eigenvalue weighted by atomic mass is 14.7. The topological polar surface area (TPSA) is 12.9 Å². The number of fused-ring (bicyclic) bond motifs is 3. The summed E-state index contributed by atoms with van der Waals surface area (Å²) < 4.78 is 0. The molecule has 0 spiro atoms. The van der Waals surface area contributed by atoms with Gasteiger partial charge in [-0.1, -0.05) is 63.3 Å². The average Bonchev–Trinajstić information content (AvgIpc) is 2.61. The Morgan fingerprint density at radius 2 is 1.80 bits per heavy atom. The van der Waals surface area contributed by atoms with E-state index in [0.29, 0.717) is 11.8 Å². The lowest BCUT2D eigenvalue weighted by atomic mass is 9.91. The van der Waals surface area contributed by atoms with Crippen LogP contribution in [0.15, 0.2) is 54.6 Å². The van der Waals surface area contributed by atoms with Crippen molar-refractivity contribution in [3.05, 3.63) is 71.4 Å². The van der Waals surface area contributed by atoms with Gasteiger partial charge in [0.25, 0.3) is 0 Å². The van der Waals surface area contributed by atoms with E-state index in [0.717, 1.165) is 17.6 Å². The maximum absolute atomic E-state index is 5.09. The molecular weight excluding hydrogens is 302 g/mol. The molecule has 1 nitrogen and oxygen atoms in total. The van der Waals surface area contributed by atoms with E-state index in [1.807, 2.05) is 0 Å². The second-order valence-corrected chi connectivity index (χ2v) is 7.67. The van der Waals surface area contributed by atoms with Gasteiger partial charge in [0, 0.05) is 10.8 Å². The molecule has 0 radical (unpaired) electrons. The zero-order valence-corrected chi connectivity index (χ0v) is 15.5. The SMILES string of the molecule is Cc1ccc2c(c1)nc(C1=CCC(C)C=C1)c1cc(C(C)C)ccc12. The fraction of sp³-hybridized carbons (Fsp3) is 0.292. The molecule has 1 aromatic heterocycles. The molecule has 1 unspecified atom stereocenters. The summed E-state index contributed by atoms with van der Waals surface area (Å²) in [5, 5.41) is 3.82. The molecule has 0 N–H and O–H groups in total. The second kappa shape index (κ2) is 6.15. The first-order valence-corrected chi connectivity index (χ1v) is 9.25. The molecule has 0 saturated heterocycles. The smallest absolute Gasteiger partial charge is 0.0784 e. The van der Waals surface area contributed by atoms with Gasteiger partial charge in [-0.15, -0.1) is 0 Å². The van der Waals surface area contributed by atoms with E-state index >= 15 is 0 Å². The Labute approximate surface area is 150 Å². The molecule has 1 heteroatoms. The van der Waals surface area contributed by atoms with Gasteiger partial charge in [0.2, 0.25) is 0 Å². The van der Waals surface area contributed by atoms with E-state index in [1.165, 1.54) is 32.9 Å². The van der Waals surface area contributed by atoms with Crippen LogP contribution in [0.25, 0.3) is 27.2 Å². The Balaban J connectivity index is 2.06. The minimum Gasteiger partial charge on any atom is -0.247 e. The summed E-state index contributed by atoms with van der Waals surface area (Å²) in [6, 6.07) is 13.5. The van der Waals surface area contributed by atoms with Crippen LogP contribution in [-0.4, -0.2) is 4.98 Å². The van der Waals surface area contributed by atoms with Crippen LogP contribution in [0.5, 0.6) is 0 Å². The summed E-state index contributed by atoms with van der Waals surface area (Å²) in [6.07, 6.45) is 7.98. The number of allylic oxidation sites excluding steroid dienone is 4. The van der Waals surface area contributed by atoms with Gasteiger partial charge in [0.15, 0.2) is 0 Å². The van der Waals surface area contributed by atoms with Crippen LogP contribution in [0.2, 0.25) is 0 Å². The maximum atomic E-state index is 5.09. The average molecular weight is 327 g/mol. The molecule has 1 atom stereocenters. The van der Waals surface area contributed by atoms with E-state index in [1.54, 1.807) is 0 Å². The van der Waals surface area contributed by atoms with Gasteiger partial charge in [-0.3, -0.25) is 0 Å². The quantitative estimate of drug-likeness (QED) is 0.472. The number of hydrogen-bond acceptors (Lipinski definition) is 1. The molecule has 0 aliphatic heterocycles. The molecule has 126 valence electrons. The molecule has 1 aliphatic rings. The Morgan fingerprint density at radius 3 is 2.52 bits per heavy atom. The molecular formula is C24H25N. The van der Waals surface area contributed by atoms with Crippen molar-refractivity contribution in [2.75, 3.05) is 0 Å². The second-order valence-electron chi connectivity index (χ2n) is 7.67. The molecule has 0 amide bonds. The molecule has 0 saturated carbocycles. The van der Waals surface area contributed by atoms with Gasteiger partial charge in [0.05, 0.1) is 11.2 Å². The predicted molar refractivity (Wildman–Crippen MR) is 109 cm³/mol. The zero-order valence-electron chi connectivity index (χ0n) is 15.5. The number of benzene rings is 2. The summed E-state index contributed by atoms with van der Waals surface area (Å²) in [5.41, 5.74) is 6.10. The number of pyridine rings is 1. The Morgan fingerprint density at radius 1 is 1.00 bits per heavy atom. The fourth-order valence-electron chi connectivity index (χ4n) is 3.62. The van der Waals surface area contributed by atoms with Crippen molar-refractivity contribution >= 4 is 27.2 Å². The van der Waals surface area contributed by atoms with E-state index < -0.39 is 0 Å². The Kier molecular flexibility index (Phi) is 3.95. The third-order valence-corrected chi connectivity index (χ3v) is 5.23. The first kappa shape index (κ1) is 16.1. The number of nitrogens with zero attached hydrogens (tertiary/aromatic N) is 1. The molecule has 0 bridgehead atoms. The number of aromatic nitrogens is 1. The number of hydrogen-bond donors (Lipinski definition) is 0. The molecule has 3 aromatic rings. The Hall–Kier alpha value is -2.41. The maximum Gasteiger partial charge on any atom is 0.0784 e. The summed E-state index contributed by atoms with van der Waals surface area (Å²) in [6.45, 7) is 8.89. The molecule has 1 aliphatic carbocycles. The first-order chi connectivity index (χ1) is 12.0. The number of rotatable bonds is 2. The fourth-order valence-corrected chi connectivity index (χ4v) is 3.62. The van der Waals surface area contributed by atoms with Gasteiger partial charge < -0.3 is 0 Å². The Bertz CT molecular complexity index is 1020. The van der Waals surface area contributed by atoms with Gasteiger partial charge in [-0.05, 0) is 59.4 Å². The highest BCUT2D eigenvalue weighted by molar-refractivity contribution is 6.10.